The Morgan fingerprint density at radius 2 is 1.96 bits per heavy atom. The number of aromatic nitrogens is 3. The summed E-state index contributed by atoms with van der Waals surface area (Å²) in [6, 6.07) is 14.2. The minimum Gasteiger partial charge on any atom is -0.351 e. The first-order chi connectivity index (χ1) is 12.6. The smallest absolute Gasteiger partial charge is 0.230 e. The molecule has 26 heavy (non-hydrogen) atoms. The Labute approximate surface area is 165 Å². The minimum absolute atomic E-state index is 0.0315. The molecule has 3 rings (SSSR count). The van der Waals surface area contributed by atoms with E-state index >= 15 is 0 Å². The van der Waals surface area contributed by atoms with Crippen LogP contribution in [0.15, 0.2) is 64.5 Å². The highest BCUT2D eigenvalue weighted by atomic mass is 79.9. The number of rotatable bonds is 7. The molecule has 1 aromatic heterocycles. The number of aryl methyl sites for hydroxylation is 1. The van der Waals surface area contributed by atoms with Gasteiger partial charge in [0, 0.05) is 15.9 Å². The van der Waals surface area contributed by atoms with Crippen molar-refractivity contribution < 1.29 is 4.79 Å². The molecule has 0 aliphatic rings. The van der Waals surface area contributed by atoms with Crippen molar-refractivity contribution in [3.05, 3.63) is 76.3 Å². The van der Waals surface area contributed by atoms with Gasteiger partial charge < -0.3 is 5.32 Å². The van der Waals surface area contributed by atoms with Gasteiger partial charge in [0.25, 0.3) is 0 Å². The number of thioether (sulfide) groups is 1. The van der Waals surface area contributed by atoms with Crippen molar-refractivity contribution in [2.45, 2.75) is 24.9 Å². The Hall–Kier alpha value is -2.12. The SMILES string of the molecule is Cc1cc(Br)ccc1SCC(=O)NCc1ccc(Cn2cncn2)cc1. The minimum atomic E-state index is 0.0315. The van der Waals surface area contributed by atoms with E-state index < -0.39 is 0 Å². The fourth-order valence-corrected chi connectivity index (χ4v) is 3.75. The van der Waals surface area contributed by atoms with Gasteiger partial charge in [-0.05, 0) is 41.8 Å². The Bertz CT molecular complexity index is 866. The second kappa shape index (κ2) is 9.00. The summed E-state index contributed by atoms with van der Waals surface area (Å²) in [5, 5.41) is 7.06. The van der Waals surface area contributed by atoms with Gasteiger partial charge in [-0.15, -0.1) is 11.8 Å². The molecule has 0 bridgehead atoms. The van der Waals surface area contributed by atoms with Crippen molar-refractivity contribution in [2.75, 3.05) is 5.75 Å². The molecule has 134 valence electrons. The molecule has 1 amide bonds. The van der Waals surface area contributed by atoms with E-state index in [2.05, 4.69) is 37.4 Å². The molecule has 1 N–H and O–H groups in total. The van der Waals surface area contributed by atoms with Gasteiger partial charge in [0.1, 0.15) is 12.7 Å². The molecule has 0 saturated heterocycles. The summed E-state index contributed by atoms with van der Waals surface area (Å²) in [5.74, 6) is 0.441. The first kappa shape index (κ1) is 18.7. The van der Waals surface area contributed by atoms with Crippen LogP contribution in [0.25, 0.3) is 0 Å². The number of hydrogen-bond donors (Lipinski definition) is 1. The molecule has 0 fully saturated rings. The lowest BCUT2D eigenvalue weighted by molar-refractivity contribution is -0.118. The summed E-state index contributed by atoms with van der Waals surface area (Å²) in [6.07, 6.45) is 3.22. The summed E-state index contributed by atoms with van der Waals surface area (Å²) in [7, 11) is 0. The first-order valence-electron chi connectivity index (χ1n) is 8.16. The van der Waals surface area contributed by atoms with Crippen LogP contribution in [0.5, 0.6) is 0 Å². The van der Waals surface area contributed by atoms with Crippen molar-refractivity contribution >= 4 is 33.6 Å². The average Bonchev–Trinajstić information content (AvgIpc) is 3.13. The number of nitrogens with one attached hydrogen (secondary N) is 1. The lowest BCUT2D eigenvalue weighted by atomic mass is 10.1. The molecular weight excluding hydrogens is 412 g/mol. The summed E-state index contributed by atoms with van der Waals surface area (Å²) in [4.78, 5) is 17.1. The van der Waals surface area contributed by atoms with Gasteiger partial charge in [0.2, 0.25) is 5.91 Å². The molecule has 7 heteroatoms. The number of hydrogen-bond acceptors (Lipinski definition) is 4. The van der Waals surface area contributed by atoms with Gasteiger partial charge in [-0.3, -0.25) is 4.79 Å². The third-order valence-electron chi connectivity index (χ3n) is 3.82. The first-order valence-corrected chi connectivity index (χ1v) is 9.94. The third kappa shape index (κ3) is 5.44. The standard InChI is InChI=1S/C19H19BrN4OS/c1-14-8-17(20)6-7-18(14)26-11-19(25)22-9-15-2-4-16(5-3-15)10-24-13-21-12-23-24/h2-8,12-13H,9-11H2,1H3,(H,22,25). The van der Waals surface area contributed by atoms with Crippen LogP contribution in [0.2, 0.25) is 0 Å². The van der Waals surface area contributed by atoms with Crippen LogP contribution in [0.4, 0.5) is 0 Å². The number of nitrogens with zero attached hydrogens (tertiary/aromatic N) is 3. The normalized spacial score (nSPS) is 10.7. The second-order valence-corrected chi connectivity index (χ2v) is 7.82. The van der Waals surface area contributed by atoms with Gasteiger partial charge in [-0.2, -0.15) is 5.10 Å². The molecule has 0 aliphatic heterocycles. The molecule has 0 saturated carbocycles. The Kier molecular flexibility index (Phi) is 6.46. The van der Waals surface area contributed by atoms with Crippen molar-refractivity contribution in [1.82, 2.24) is 20.1 Å². The van der Waals surface area contributed by atoms with E-state index in [-0.39, 0.29) is 5.91 Å². The molecule has 0 spiro atoms. The molecule has 2 aromatic carbocycles. The maximum atomic E-state index is 12.1. The largest absolute Gasteiger partial charge is 0.351 e. The highest BCUT2D eigenvalue weighted by Crippen LogP contribution is 2.25. The molecule has 1 heterocycles. The fourth-order valence-electron chi connectivity index (χ4n) is 2.43. The quantitative estimate of drug-likeness (QED) is 0.578. The zero-order chi connectivity index (χ0) is 18.4. The lowest BCUT2D eigenvalue weighted by Crippen LogP contribution is -2.24. The predicted molar refractivity (Wildman–Crippen MR) is 107 cm³/mol. The number of amides is 1. The molecule has 0 aliphatic carbocycles. The molecule has 5 nitrogen and oxygen atoms in total. The van der Waals surface area contributed by atoms with E-state index in [1.165, 1.54) is 11.9 Å². The van der Waals surface area contributed by atoms with E-state index in [1.807, 2.05) is 43.3 Å². The van der Waals surface area contributed by atoms with Crippen LogP contribution in [0.3, 0.4) is 0 Å². The van der Waals surface area contributed by atoms with Crippen LogP contribution in [-0.2, 0) is 17.9 Å². The number of halogens is 1. The maximum Gasteiger partial charge on any atom is 0.230 e. The summed E-state index contributed by atoms with van der Waals surface area (Å²) in [5.41, 5.74) is 3.39. The van der Waals surface area contributed by atoms with Crippen LogP contribution in [0.1, 0.15) is 16.7 Å². The van der Waals surface area contributed by atoms with Crippen molar-refractivity contribution in [3.8, 4) is 0 Å². The Morgan fingerprint density at radius 3 is 2.65 bits per heavy atom. The highest BCUT2D eigenvalue weighted by Gasteiger charge is 2.06. The highest BCUT2D eigenvalue weighted by molar-refractivity contribution is 9.10. The average molecular weight is 431 g/mol. The molecule has 0 unspecified atom stereocenters. The van der Waals surface area contributed by atoms with E-state index in [1.54, 1.807) is 22.8 Å². The zero-order valence-corrected chi connectivity index (χ0v) is 16.8. The zero-order valence-electron chi connectivity index (χ0n) is 14.4. The summed E-state index contributed by atoms with van der Waals surface area (Å²) < 4.78 is 2.83. The second-order valence-electron chi connectivity index (χ2n) is 5.88. The van der Waals surface area contributed by atoms with Crippen molar-refractivity contribution in [2.24, 2.45) is 0 Å². The van der Waals surface area contributed by atoms with Gasteiger partial charge in [0.05, 0.1) is 12.3 Å². The van der Waals surface area contributed by atoms with E-state index in [0.717, 1.165) is 20.5 Å². The molecular formula is C19H19BrN4OS. The van der Waals surface area contributed by atoms with Crippen LogP contribution in [-0.4, -0.2) is 26.4 Å². The van der Waals surface area contributed by atoms with Crippen LogP contribution in [0, 0.1) is 6.92 Å². The van der Waals surface area contributed by atoms with Crippen LogP contribution >= 0.6 is 27.7 Å². The number of carbonyl (C=O) groups is 1. The van der Waals surface area contributed by atoms with Crippen LogP contribution < -0.4 is 5.32 Å². The van der Waals surface area contributed by atoms with Crippen molar-refractivity contribution in [3.63, 3.8) is 0 Å². The Morgan fingerprint density at radius 1 is 1.19 bits per heavy atom. The van der Waals surface area contributed by atoms with E-state index in [4.69, 9.17) is 0 Å². The maximum absolute atomic E-state index is 12.1. The molecule has 0 atom stereocenters. The topological polar surface area (TPSA) is 59.8 Å². The third-order valence-corrected chi connectivity index (χ3v) is 5.49. The summed E-state index contributed by atoms with van der Waals surface area (Å²) >= 11 is 5.01. The lowest BCUT2D eigenvalue weighted by Gasteiger charge is -2.08. The summed E-state index contributed by atoms with van der Waals surface area (Å²) in [6.45, 7) is 3.27. The number of benzene rings is 2. The van der Waals surface area contributed by atoms with Gasteiger partial charge in [-0.25, -0.2) is 9.67 Å². The number of carbonyl (C=O) groups excluding carboxylic acids is 1. The van der Waals surface area contributed by atoms with Gasteiger partial charge in [-0.1, -0.05) is 40.2 Å². The monoisotopic (exact) mass is 430 g/mol. The molecule has 0 radical (unpaired) electrons. The van der Waals surface area contributed by atoms with E-state index in [0.29, 0.717) is 18.8 Å². The molecule has 3 aromatic rings. The van der Waals surface area contributed by atoms with E-state index in [9.17, 15) is 4.79 Å². The Balaban J connectivity index is 1.45. The van der Waals surface area contributed by atoms with Crippen molar-refractivity contribution in [1.29, 1.82) is 0 Å². The van der Waals surface area contributed by atoms with Gasteiger partial charge in [0.15, 0.2) is 0 Å². The fraction of sp³-hybridized carbons (Fsp3) is 0.211. The van der Waals surface area contributed by atoms with Gasteiger partial charge >= 0.3 is 0 Å². The predicted octanol–water partition coefficient (Wildman–Crippen LogP) is 3.81.